The fourth-order valence-electron chi connectivity index (χ4n) is 2.33. The van der Waals surface area contributed by atoms with Crippen LogP contribution in [0.5, 0.6) is 0 Å². The van der Waals surface area contributed by atoms with Gasteiger partial charge in [0.25, 0.3) is 0 Å². The van der Waals surface area contributed by atoms with E-state index in [1.54, 1.807) is 25.1 Å². The maximum absolute atomic E-state index is 12.6. The van der Waals surface area contributed by atoms with Gasteiger partial charge in [-0.25, -0.2) is 8.42 Å². The molecule has 0 spiro atoms. The summed E-state index contributed by atoms with van der Waals surface area (Å²) in [5, 5.41) is 10.9. The van der Waals surface area contributed by atoms with E-state index in [0.717, 1.165) is 21.7 Å². The number of nitrogens with one attached hydrogen (secondary N) is 1. The van der Waals surface area contributed by atoms with Crippen LogP contribution in [-0.4, -0.2) is 42.6 Å². The molecule has 2 aromatic rings. The lowest BCUT2D eigenvalue weighted by molar-refractivity contribution is -0.116. The first kappa shape index (κ1) is 21.4. The Hall–Kier alpha value is -1.91. The first-order valence-corrected chi connectivity index (χ1v) is 11.7. The minimum absolute atomic E-state index is 0.326. The van der Waals surface area contributed by atoms with E-state index in [-0.39, 0.29) is 0 Å². The van der Waals surface area contributed by atoms with Crippen molar-refractivity contribution in [3.63, 3.8) is 0 Å². The molecule has 0 radical (unpaired) electrons. The lowest BCUT2D eigenvalue weighted by Gasteiger charge is -2.28. The molecule has 0 unspecified atom stereocenters. The standard InChI is InChI=1S/C17H22N4O3S3/c1-6-9-25-17-20-19-16(26-17)18-15(22)13(4)21(27(5,23)24)14-8-7-11(2)12(3)10-14/h6-8,10,13H,1,9H2,2-5H3,(H,18,19,22)/t13-/m1/s1. The third kappa shape index (κ3) is 5.53. The Morgan fingerprint density at radius 2 is 2.07 bits per heavy atom. The zero-order valence-electron chi connectivity index (χ0n) is 15.6. The van der Waals surface area contributed by atoms with Gasteiger partial charge in [-0.15, -0.1) is 16.8 Å². The predicted molar refractivity (Wildman–Crippen MR) is 112 cm³/mol. The summed E-state index contributed by atoms with van der Waals surface area (Å²) in [5.74, 6) is 0.211. The quantitative estimate of drug-likeness (QED) is 0.396. The Labute approximate surface area is 167 Å². The molecule has 0 bridgehead atoms. The molecule has 1 aromatic heterocycles. The Balaban J connectivity index is 2.23. The van der Waals surface area contributed by atoms with Crippen LogP contribution < -0.4 is 9.62 Å². The summed E-state index contributed by atoms with van der Waals surface area (Å²) in [6.45, 7) is 9.02. The number of anilines is 2. The highest BCUT2D eigenvalue weighted by molar-refractivity contribution is 8.01. The van der Waals surface area contributed by atoms with Crippen LogP contribution in [0, 0.1) is 13.8 Å². The smallest absolute Gasteiger partial charge is 0.249 e. The number of carbonyl (C=O) groups excluding carboxylic acids is 1. The first-order chi connectivity index (χ1) is 12.6. The number of benzene rings is 1. The first-order valence-electron chi connectivity index (χ1n) is 8.08. The largest absolute Gasteiger partial charge is 0.299 e. The Kier molecular flexibility index (Phi) is 7.01. The summed E-state index contributed by atoms with van der Waals surface area (Å²) in [6, 6.07) is 4.34. The molecule has 0 aliphatic rings. The molecular formula is C17H22N4O3S3. The number of sulfonamides is 1. The van der Waals surface area contributed by atoms with Crippen LogP contribution >= 0.6 is 23.1 Å². The van der Waals surface area contributed by atoms with Crippen molar-refractivity contribution in [2.24, 2.45) is 0 Å². The summed E-state index contributed by atoms with van der Waals surface area (Å²) >= 11 is 2.69. The van der Waals surface area contributed by atoms with Gasteiger partial charge in [0, 0.05) is 5.75 Å². The van der Waals surface area contributed by atoms with E-state index in [4.69, 9.17) is 0 Å². The molecule has 1 amide bonds. The van der Waals surface area contributed by atoms with Gasteiger partial charge in [-0.1, -0.05) is 35.2 Å². The van der Waals surface area contributed by atoms with Gasteiger partial charge in [-0.05, 0) is 44.0 Å². The monoisotopic (exact) mass is 426 g/mol. The van der Waals surface area contributed by atoms with E-state index in [1.165, 1.54) is 23.1 Å². The molecule has 0 saturated heterocycles. The minimum atomic E-state index is -3.67. The van der Waals surface area contributed by atoms with Gasteiger partial charge in [0.2, 0.25) is 21.1 Å². The van der Waals surface area contributed by atoms with Crippen LogP contribution in [0.4, 0.5) is 10.8 Å². The molecule has 0 fully saturated rings. The van der Waals surface area contributed by atoms with Crippen molar-refractivity contribution in [2.75, 3.05) is 21.6 Å². The Morgan fingerprint density at radius 3 is 2.67 bits per heavy atom. The van der Waals surface area contributed by atoms with Gasteiger partial charge in [0.15, 0.2) is 4.34 Å². The fraction of sp³-hybridized carbons (Fsp3) is 0.353. The molecule has 0 saturated carbocycles. The molecule has 2 rings (SSSR count). The number of aryl methyl sites for hydroxylation is 2. The number of hydrogen-bond acceptors (Lipinski definition) is 7. The molecule has 146 valence electrons. The summed E-state index contributed by atoms with van der Waals surface area (Å²) < 4.78 is 26.5. The predicted octanol–water partition coefficient (Wildman–Crippen LogP) is 3.23. The Bertz CT molecular complexity index is 941. The summed E-state index contributed by atoms with van der Waals surface area (Å²) in [6.07, 6.45) is 2.83. The summed E-state index contributed by atoms with van der Waals surface area (Å²) in [5.41, 5.74) is 2.44. The van der Waals surface area contributed by atoms with Crippen LogP contribution in [0.15, 0.2) is 35.2 Å². The molecule has 1 atom stereocenters. The van der Waals surface area contributed by atoms with Gasteiger partial charge in [-0.2, -0.15) is 0 Å². The van der Waals surface area contributed by atoms with Crippen LogP contribution in [-0.2, 0) is 14.8 Å². The molecule has 0 aliphatic heterocycles. The van der Waals surface area contributed by atoms with Crippen molar-refractivity contribution in [1.29, 1.82) is 0 Å². The lowest BCUT2D eigenvalue weighted by atomic mass is 10.1. The number of carbonyl (C=O) groups is 1. The fourth-order valence-corrected chi connectivity index (χ4v) is 5.01. The van der Waals surface area contributed by atoms with Gasteiger partial charge < -0.3 is 0 Å². The van der Waals surface area contributed by atoms with Gasteiger partial charge >= 0.3 is 0 Å². The van der Waals surface area contributed by atoms with E-state index in [0.29, 0.717) is 20.9 Å². The minimum Gasteiger partial charge on any atom is -0.299 e. The van der Waals surface area contributed by atoms with E-state index >= 15 is 0 Å². The van der Waals surface area contributed by atoms with Crippen molar-refractivity contribution in [3.05, 3.63) is 42.0 Å². The highest BCUT2D eigenvalue weighted by atomic mass is 32.2. The number of amides is 1. The molecule has 27 heavy (non-hydrogen) atoms. The molecule has 1 heterocycles. The van der Waals surface area contributed by atoms with Crippen LogP contribution in [0.2, 0.25) is 0 Å². The molecule has 1 N–H and O–H groups in total. The van der Waals surface area contributed by atoms with Gasteiger partial charge in [0.1, 0.15) is 6.04 Å². The topological polar surface area (TPSA) is 92.3 Å². The van der Waals surface area contributed by atoms with Crippen molar-refractivity contribution >= 4 is 49.8 Å². The molecule has 1 aromatic carbocycles. The maximum atomic E-state index is 12.6. The van der Waals surface area contributed by atoms with Crippen LogP contribution in [0.3, 0.4) is 0 Å². The van der Waals surface area contributed by atoms with Gasteiger partial charge in [-0.3, -0.25) is 14.4 Å². The van der Waals surface area contributed by atoms with E-state index < -0.39 is 22.0 Å². The Morgan fingerprint density at radius 1 is 1.37 bits per heavy atom. The van der Waals surface area contributed by atoms with Crippen molar-refractivity contribution in [2.45, 2.75) is 31.2 Å². The second kappa shape index (κ2) is 8.85. The average molecular weight is 427 g/mol. The van der Waals surface area contributed by atoms with E-state index in [2.05, 4.69) is 22.1 Å². The highest BCUT2D eigenvalue weighted by Crippen LogP contribution is 2.27. The van der Waals surface area contributed by atoms with Crippen molar-refractivity contribution < 1.29 is 13.2 Å². The average Bonchev–Trinajstić information content (AvgIpc) is 3.02. The number of aromatic nitrogens is 2. The second-order valence-corrected chi connectivity index (χ2v) is 10.1. The third-order valence-electron chi connectivity index (χ3n) is 3.79. The number of rotatable bonds is 8. The number of thioether (sulfide) groups is 1. The van der Waals surface area contributed by atoms with Crippen molar-refractivity contribution in [3.8, 4) is 0 Å². The molecule has 10 heteroatoms. The SMILES string of the molecule is C=CCSc1nnc(NC(=O)[C@@H](C)N(c2ccc(C)c(C)c2)S(C)(=O)=O)s1. The number of hydrogen-bond donors (Lipinski definition) is 1. The van der Waals surface area contributed by atoms with E-state index in [9.17, 15) is 13.2 Å². The normalized spacial score (nSPS) is 12.4. The van der Waals surface area contributed by atoms with Crippen LogP contribution in [0.25, 0.3) is 0 Å². The molecule has 7 nitrogen and oxygen atoms in total. The number of nitrogens with zero attached hydrogens (tertiary/aromatic N) is 3. The maximum Gasteiger partial charge on any atom is 0.249 e. The molecule has 0 aliphatic carbocycles. The summed E-state index contributed by atoms with van der Waals surface area (Å²) in [7, 11) is -3.67. The summed E-state index contributed by atoms with van der Waals surface area (Å²) in [4.78, 5) is 12.6. The van der Waals surface area contributed by atoms with E-state index in [1.807, 2.05) is 19.9 Å². The second-order valence-electron chi connectivity index (χ2n) is 5.97. The van der Waals surface area contributed by atoms with Gasteiger partial charge in [0.05, 0.1) is 11.9 Å². The third-order valence-corrected chi connectivity index (χ3v) is 7.00. The zero-order chi connectivity index (χ0) is 20.2. The lowest BCUT2D eigenvalue weighted by Crippen LogP contribution is -2.45. The highest BCUT2D eigenvalue weighted by Gasteiger charge is 2.30. The van der Waals surface area contributed by atoms with Crippen LogP contribution in [0.1, 0.15) is 18.1 Å². The molecular weight excluding hydrogens is 404 g/mol. The zero-order valence-corrected chi connectivity index (χ0v) is 18.0. The van der Waals surface area contributed by atoms with Crippen molar-refractivity contribution in [1.82, 2.24) is 10.2 Å².